The zero-order valence-electron chi connectivity index (χ0n) is 16.1. The largest absolute Gasteiger partial charge is 0.479 e. The maximum Gasteiger partial charge on any atom is 0.344 e. The molecular weight excluding hydrogens is 394 g/mol. The van der Waals surface area contributed by atoms with Crippen LogP contribution in [0.3, 0.4) is 0 Å². The average molecular weight is 414 g/mol. The van der Waals surface area contributed by atoms with Gasteiger partial charge in [-0.2, -0.15) is 4.98 Å². The van der Waals surface area contributed by atoms with E-state index in [1.165, 1.54) is 0 Å². The summed E-state index contributed by atoms with van der Waals surface area (Å²) in [5.74, 6) is -4.35. The van der Waals surface area contributed by atoms with Crippen LogP contribution in [0.1, 0.15) is 18.9 Å². The Balaban J connectivity index is 1.89. The lowest BCUT2D eigenvalue weighted by Crippen LogP contribution is -2.26. The Morgan fingerprint density at radius 3 is 2.40 bits per heavy atom. The van der Waals surface area contributed by atoms with Gasteiger partial charge in [0, 0.05) is 12.6 Å². The smallest absolute Gasteiger partial charge is 0.344 e. The second kappa shape index (κ2) is 9.32. The summed E-state index contributed by atoms with van der Waals surface area (Å²) < 4.78 is 38.8. The van der Waals surface area contributed by atoms with E-state index in [0.717, 1.165) is 16.7 Å². The van der Waals surface area contributed by atoms with E-state index in [1.54, 1.807) is 25.1 Å². The lowest BCUT2D eigenvalue weighted by molar-refractivity contribution is -0.145. The van der Waals surface area contributed by atoms with Gasteiger partial charge in [0.25, 0.3) is 11.8 Å². The Bertz CT molecular complexity index is 1060. The van der Waals surface area contributed by atoms with Crippen molar-refractivity contribution in [3.63, 3.8) is 0 Å². The van der Waals surface area contributed by atoms with Crippen LogP contribution in [0.25, 0.3) is 11.1 Å². The Morgan fingerprint density at radius 1 is 1.07 bits per heavy atom. The molecule has 0 bridgehead atoms. The molecule has 0 spiro atoms. The highest BCUT2D eigenvalue weighted by Crippen LogP contribution is 2.30. The fourth-order valence-corrected chi connectivity index (χ4v) is 2.76. The highest BCUT2D eigenvalue weighted by atomic mass is 19.1. The van der Waals surface area contributed by atoms with Crippen LogP contribution < -0.4 is 15.2 Å². The normalized spacial score (nSPS) is 11.7. The van der Waals surface area contributed by atoms with Gasteiger partial charge in [-0.3, -0.25) is 0 Å². The minimum Gasteiger partial charge on any atom is -0.479 e. The van der Waals surface area contributed by atoms with E-state index >= 15 is 0 Å². The molecule has 0 unspecified atom stereocenters. The highest BCUT2D eigenvalue weighted by Gasteiger charge is 2.22. The molecule has 2 aromatic carbocycles. The Labute approximate surface area is 171 Å². The Hall–Kier alpha value is -3.52. The molecule has 0 saturated heterocycles. The first-order valence-corrected chi connectivity index (χ1v) is 9.24. The van der Waals surface area contributed by atoms with Gasteiger partial charge in [-0.1, -0.05) is 37.3 Å². The van der Waals surface area contributed by atoms with Crippen LogP contribution >= 0.6 is 0 Å². The third-order valence-corrected chi connectivity index (χ3v) is 4.31. The first-order chi connectivity index (χ1) is 14.4. The molecule has 0 aliphatic carbocycles. The second-order valence-electron chi connectivity index (χ2n) is 6.45. The molecule has 0 aliphatic rings. The number of rotatable bonds is 8. The standard InChI is InChI=1S/C22H20F2N2O4/c1-2-19(22(27)28)30-21-18(24)11-17(23)20(26-21)29-16-8-4-7-15(10-16)14-6-3-5-13(9-14)12-25/h3-11,19H,2,12,25H2,1H3,(H,27,28)/t19-/m1/s1. The number of carboxylic acids is 1. The molecule has 1 atom stereocenters. The van der Waals surface area contributed by atoms with Gasteiger partial charge in [-0.15, -0.1) is 0 Å². The van der Waals surface area contributed by atoms with Gasteiger partial charge in [-0.05, 0) is 41.3 Å². The summed E-state index contributed by atoms with van der Waals surface area (Å²) in [6.45, 7) is 1.95. The number of ether oxygens (including phenoxy) is 2. The molecule has 0 aliphatic heterocycles. The summed E-state index contributed by atoms with van der Waals surface area (Å²) in [6.07, 6.45) is -1.24. The van der Waals surface area contributed by atoms with Gasteiger partial charge in [-0.25, -0.2) is 13.6 Å². The van der Waals surface area contributed by atoms with Crippen LogP contribution in [0.5, 0.6) is 17.5 Å². The monoisotopic (exact) mass is 414 g/mol. The van der Waals surface area contributed by atoms with Crippen molar-refractivity contribution < 1.29 is 28.2 Å². The maximum atomic E-state index is 14.2. The van der Waals surface area contributed by atoms with Crippen LogP contribution in [0, 0.1) is 11.6 Å². The molecule has 0 amide bonds. The van der Waals surface area contributed by atoms with Crippen molar-refractivity contribution in [2.24, 2.45) is 5.73 Å². The number of nitrogens with zero attached hydrogens (tertiary/aromatic N) is 1. The molecule has 1 aromatic heterocycles. The van der Waals surface area contributed by atoms with Crippen LogP contribution in [0.2, 0.25) is 0 Å². The number of carbonyl (C=O) groups is 1. The number of aliphatic carboxylic acids is 1. The van der Waals surface area contributed by atoms with Crippen molar-refractivity contribution in [1.82, 2.24) is 4.98 Å². The lowest BCUT2D eigenvalue weighted by atomic mass is 10.0. The highest BCUT2D eigenvalue weighted by molar-refractivity contribution is 5.72. The predicted octanol–water partition coefficient (Wildman–Crippen LogP) is 4.52. The van der Waals surface area contributed by atoms with E-state index in [1.807, 2.05) is 30.3 Å². The molecular formula is C22H20F2N2O4. The molecule has 0 radical (unpaired) electrons. The van der Waals surface area contributed by atoms with Gasteiger partial charge in [0.2, 0.25) is 0 Å². The molecule has 3 rings (SSSR count). The SMILES string of the molecule is CC[C@@H](Oc1nc(Oc2cccc(-c3cccc(CN)c3)c2)c(F)cc1F)C(=O)O. The van der Waals surface area contributed by atoms with E-state index in [2.05, 4.69) is 4.98 Å². The zero-order chi connectivity index (χ0) is 21.7. The van der Waals surface area contributed by atoms with E-state index in [9.17, 15) is 13.6 Å². The summed E-state index contributed by atoms with van der Waals surface area (Å²) in [5, 5.41) is 9.07. The van der Waals surface area contributed by atoms with Crippen molar-refractivity contribution in [2.45, 2.75) is 26.0 Å². The van der Waals surface area contributed by atoms with Crippen LogP contribution in [0.4, 0.5) is 8.78 Å². The average Bonchev–Trinajstić information content (AvgIpc) is 2.74. The van der Waals surface area contributed by atoms with Gasteiger partial charge < -0.3 is 20.3 Å². The first-order valence-electron chi connectivity index (χ1n) is 9.24. The number of aromatic nitrogens is 1. The number of hydrogen-bond acceptors (Lipinski definition) is 5. The van der Waals surface area contributed by atoms with Crippen molar-refractivity contribution >= 4 is 5.97 Å². The molecule has 3 aromatic rings. The predicted molar refractivity (Wildman–Crippen MR) is 106 cm³/mol. The molecule has 3 N–H and O–H groups in total. The van der Waals surface area contributed by atoms with E-state index in [-0.39, 0.29) is 12.2 Å². The van der Waals surface area contributed by atoms with Crippen LogP contribution in [0.15, 0.2) is 54.6 Å². The van der Waals surface area contributed by atoms with Crippen LogP contribution in [-0.2, 0) is 11.3 Å². The molecule has 0 saturated carbocycles. The maximum absolute atomic E-state index is 14.2. The fraction of sp³-hybridized carbons (Fsp3) is 0.182. The van der Waals surface area contributed by atoms with Gasteiger partial charge in [0.05, 0.1) is 0 Å². The zero-order valence-corrected chi connectivity index (χ0v) is 16.1. The van der Waals surface area contributed by atoms with Crippen molar-refractivity contribution in [3.05, 3.63) is 71.8 Å². The van der Waals surface area contributed by atoms with Crippen molar-refractivity contribution in [1.29, 1.82) is 0 Å². The summed E-state index contributed by atoms with van der Waals surface area (Å²) in [6, 6.07) is 15.0. The van der Waals surface area contributed by atoms with E-state index in [4.69, 9.17) is 20.3 Å². The summed E-state index contributed by atoms with van der Waals surface area (Å²) in [5.41, 5.74) is 8.34. The molecule has 1 heterocycles. The van der Waals surface area contributed by atoms with Crippen molar-refractivity contribution in [2.75, 3.05) is 0 Å². The molecule has 0 fully saturated rings. The summed E-state index contributed by atoms with van der Waals surface area (Å²) in [4.78, 5) is 14.8. The van der Waals surface area contributed by atoms with Gasteiger partial charge >= 0.3 is 5.97 Å². The lowest BCUT2D eigenvalue weighted by Gasteiger charge is -2.14. The fourth-order valence-electron chi connectivity index (χ4n) is 2.76. The number of nitrogens with two attached hydrogens (primary N) is 1. The van der Waals surface area contributed by atoms with Gasteiger partial charge in [0.15, 0.2) is 17.7 Å². The Kier molecular flexibility index (Phi) is 6.58. The van der Waals surface area contributed by atoms with Crippen LogP contribution in [-0.4, -0.2) is 22.2 Å². The number of benzene rings is 2. The number of hydrogen-bond donors (Lipinski definition) is 2. The topological polar surface area (TPSA) is 94.7 Å². The summed E-state index contributed by atoms with van der Waals surface area (Å²) >= 11 is 0. The third kappa shape index (κ3) is 4.90. The molecule has 156 valence electrons. The van der Waals surface area contributed by atoms with Crippen molar-refractivity contribution in [3.8, 4) is 28.6 Å². The first kappa shape index (κ1) is 21.2. The number of halogens is 2. The second-order valence-corrected chi connectivity index (χ2v) is 6.45. The minimum absolute atomic E-state index is 0.0773. The molecule has 30 heavy (non-hydrogen) atoms. The minimum atomic E-state index is -1.32. The number of carboxylic acid groups (broad SMARTS) is 1. The number of pyridine rings is 1. The Morgan fingerprint density at radius 2 is 1.73 bits per heavy atom. The third-order valence-electron chi connectivity index (χ3n) is 4.31. The van der Waals surface area contributed by atoms with E-state index in [0.29, 0.717) is 12.6 Å². The quantitative estimate of drug-likeness (QED) is 0.563. The molecule has 6 nitrogen and oxygen atoms in total. The van der Waals surface area contributed by atoms with Gasteiger partial charge in [0.1, 0.15) is 5.75 Å². The van der Waals surface area contributed by atoms with E-state index < -0.39 is 35.5 Å². The summed E-state index contributed by atoms with van der Waals surface area (Å²) in [7, 11) is 0. The molecule has 8 heteroatoms.